The van der Waals surface area contributed by atoms with Gasteiger partial charge in [0.1, 0.15) is 5.52 Å². The summed E-state index contributed by atoms with van der Waals surface area (Å²) in [7, 11) is 0. The average molecular weight is 273 g/mol. The van der Waals surface area contributed by atoms with Gasteiger partial charge in [-0.2, -0.15) is 0 Å². The van der Waals surface area contributed by atoms with Crippen LogP contribution in [0.2, 0.25) is 0 Å². The van der Waals surface area contributed by atoms with Gasteiger partial charge >= 0.3 is 0 Å². The van der Waals surface area contributed by atoms with Crippen LogP contribution in [0.25, 0.3) is 11.1 Å². The highest BCUT2D eigenvalue weighted by atomic mass is 16.3. The molecule has 20 heavy (non-hydrogen) atoms. The number of aryl methyl sites for hydroxylation is 1. The third-order valence-corrected chi connectivity index (χ3v) is 3.94. The average Bonchev–Trinajstić information content (AvgIpc) is 2.94. The van der Waals surface area contributed by atoms with E-state index in [1.165, 1.54) is 0 Å². The van der Waals surface area contributed by atoms with E-state index < -0.39 is 0 Å². The highest BCUT2D eigenvalue weighted by Gasteiger charge is 2.26. The summed E-state index contributed by atoms with van der Waals surface area (Å²) in [5.41, 5.74) is 8.24. The first-order chi connectivity index (χ1) is 9.61. The molecule has 0 radical (unpaired) electrons. The van der Waals surface area contributed by atoms with Gasteiger partial charge < -0.3 is 15.5 Å². The first-order valence-electron chi connectivity index (χ1n) is 7.04. The third-order valence-electron chi connectivity index (χ3n) is 3.94. The molecule has 5 nitrogen and oxygen atoms in total. The number of nitrogens with one attached hydrogen (secondary N) is 1. The Hall–Kier alpha value is -1.88. The molecule has 1 aliphatic carbocycles. The van der Waals surface area contributed by atoms with E-state index in [1.54, 1.807) is 6.92 Å². The molecule has 1 aromatic carbocycles. The van der Waals surface area contributed by atoms with Crippen molar-refractivity contribution in [3.8, 4) is 0 Å². The SMILES string of the molecule is Cc1nc2cc(NC(=O)C[C@@H]3CCC[C@H]3N)ccc2o1. The lowest BCUT2D eigenvalue weighted by molar-refractivity contribution is -0.117. The number of anilines is 1. The van der Waals surface area contributed by atoms with E-state index in [4.69, 9.17) is 10.2 Å². The van der Waals surface area contributed by atoms with Crippen LogP contribution in [-0.4, -0.2) is 16.9 Å². The fourth-order valence-corrected chi connectivity index (χ4v) is 2.89. The van der Waals surface area contributed by atoms with Crippen LogP contribution in [0.3, 0.4) is 0 Å². The Morgan fingerprint density at radius 1 is 1.50 bits per heavy atom. The molecule has 2 atom stereocenters. The molecular weight excluding hydrogens is 254 g/mol. The Bertz CT molecular complexity index is 635. The van der Waals surface area contributed by atoms with E-state index in [-0.39, 0.29) is 11.9 Å². The van der Waals surface area contributed by atoms with Crippen LogP contribution in [0.1, 0.15) is 31.6 Å². The molecule has 0 spiro atoms. The predicted molar refractivity (Wildman–Crippen MR) is 77.3 cm³/mol. The Morgan fingerprint density at radius 2 is 2.35 bits per heavy atom. The number of rotatable bonds is 3. The molecule has 1 aliphatic rings. The summed E-state index contributed by atoms with van der Waals surface area (Å²) in [5.74, 6) is 0.959. The van der Waals surface area contributed by atoms with Crippen molar-refractivity contribution in [1.82, 2.24) is 4.98 Å². The van der Waals surface area contributed by atoms with E-state index >= 15 is 0 Å². The van der Waals surface area contributed by atoms with Gasteiger partial charge in [-0.3, -0.25) is 4.79 Å². The topological polar surface area (TPSA) is 81.2 Å². The van der Waals surface area contributed by atoms with Gasteiger partial charge in [0.05, 0.1) is 0 Å². The van der Waals surface area contributed by atoms with Gasteiger partial charge in [0.15, 0.2) is 11.5 Å². The number of nitrogens with two attached hydrogens (primary N) is 1. The largest absolute Gasteiger partial charge is 0.441 e. The minimum atomic E-state index is 0.0203. The monoisotopic (exact) mass is 273 g/mol. The summed E-state index contributed by atoms with van der Waals surface area (Å²) < 4.78 is 5.41. The third kappa shape index (κ3) is 2.67. The molecule has 1 aromatic heterocycles. The fraction of sp³-hybridized carbons (Fsp3) is 0.467. The van der Waals surface area contributed by atoms with Crippen molar-refractivity contribution in [2.24, 2.45) is 11.7 Å². The zero-order valence-corrected chi connectivity index (χ0v) is 11.6. The fourth-order valence-electron chi connectivity index (χ4n) is 2.89. The van der Waals surface area contributed by atoms with E-state index in [0.29, 0.717) is 18.2 Å². The lowest BCUT2D eigenvalue weighted by atomic mass is 10.00. The summed E-state index contributed by atoms with van der Waals surface area (Å²) >= 11 is 0. The van der Waals surface area contributed by atoms with Crippen molar-refractivity contribution in [3.63, 3.8) is 0 Å². The Kier molecular flexibility index (Phi) is 3.44. The van der Waals surface area contributed by atoms with Crippen molar-refractivity contribution >= 4 is 22.7 Å². The van der Waals surface area contributed by atoms with Crippen LogP contribution < -0.4 is 11.1 Å². The number of oxazole rings is 1. The molecule has 1 amide bonds. The van der Waals surface area contributed by atoms with Crippen LogP contribution in [-0.2, 0) is 4.79 Å². The van der Waals surface area contributed by atoms with E-state index in [1.807, 2.05) is 18.2 Å². The second-order valence-corrected chi connectivity index (χ2v) is 5.52. The number of benzene rings is 1. The molecule has 0 unspecified atom stereocenters. The number of nitrogens with zero attached hydrogens (tertiary/aromatic N) is 1. The van der Waals surface area contributed by atoms with E-state index in [0.717, 1.165) is 36.0 Å². The molecule has 1 fully saturated rings. The molecule has 0 aliphatic heterocycles. The van der Waals surface area contributed by atoms with Crippen molar-refractivity contribution < 1.29 is 9.21 Å². The van der Waals surface area contributed by atoms with Crippen LogP contribution in [0, 0.1) is 12.8 Å². The van der Waals surface area contributed by atoms with Gasteiger partial charge in [-0.1, -0.05) is 6.42 Å². The van der Waals surface area contributed by atoms with Crippen LogP contribution >= 0.6 is 0 Å². The van der Waals surface area contributed by atoms with Gasteiger partial charge in [-0.25, -0.2) is 4.98 Å². The predicted octanol–water partition coefficient (Wildman–Crippen LogP) is 2.59. The van der Waals surface area contributed by atoms with Crippen molar-refractivity contribution in [2.45, 2.75) is 38.6 Å². The summed E-state index contributed by atoms with van der Waals surface area (Å²) in [5, 5.41) is 2.91. The molecule has 0 saturated heterocycles. The number of hydrogen-bond acceptors (Lipinski definition) is 4. The maximum Gasteiger partial charge on any atom is 0.224 e. The van der Waals surface area contributed by atoms with Gasteiger partial charge in [0.25, 0.3) is 0 Å². The highest BCUT2D eigenvalue weighted by Crippen LogP contribution is 2.27. The number of carbonyl (C=O) groups is 1. The smallest absolute Gasteiger partial charge is 0.224 e. The molecule has 1 saturated carbocycles. The molecule has 5 heteroatoms. The minimum Gasteiger partial charge on any atom is -0.441 e. The summed E-state index contributed by atoms with van der Waals surface area (Å²) in [6, 6.07) is 5.66. The van der Waals surface area contributed by atoms with Crippen LogP contribution in [0.5, 0.6) is 0 Å². The highest BCUT2D eigenvalue weighted by molar-refractivity contribution is 5.92. The second kappa shape index (κ2) is 5.25. The van der Waals surface area contributed by atoms with Gasteiger partial charge in [-0.05, 0) is 37.0 Å². The minimum absolute atomic E-state index is 0.0203. The Morgan fingerprint density at radius 3 is 3.10 bits per heavy atom. The molecule has 0 bridgehead atoms. The first kappa shape index (κ1) is 13.1. The zero-order chi connectivity index (χ0) is 14.1. The van der Waals surface area contributed by atoms with Crippen LogP contribution in [0.15, 0.2) is 22.6 Å². The lowest BCUT2D eigenvalue weighted by Gasteiger charge is -2.14. The zero-order valence-electron chi connectivity index (χ0n) is 11.6. The standard InChI is InChI=1S/C15H19N3O2/c1-9-17-13-8-11(5-6-14(13)20-9)18-15(19)7-10-3-2-4-12(10)16/h5-6,8,10,12H,2-4,7,16H2,1H3,(H,18,19)/t10-,12+/m0/s1. The summed E-state index contributed by atoms with van der Waals surface area (Å²) in [4.78, 5) is 16.3. The van der Waals surface area contributed by atoms with Gasteiger partial charge in [0.2, 0.25) is 5.91 Å². The quantitative estimate of drug-likeness (QED) is 0.900. The molecular formula is C15H19N3O2. The number of fused-ring (bicyclic) bond motifs is 1. The molecule has 3 rings (SSSR count). The maximum atomic E-state index is 12.0. The van der Waals surface area contributed by atoms with E-state index in [2.05, 4.69) is 10.3 Å². The number of carbonyl (C=O) groups excluding carboxylic acids is 1. The molecule has 106 valence electrons. The number of amides is 1. The van der Waals surface area contributed by atoms with Crippen molar-refractivity contribution in [3.05, 3.63) is 24.1 Å². The Labute approximate surface area is 117 Å². The second-order valence-electron chi connectivity index (χ2n) is 5.52. The number of aromatic nitrogens is 1. The van der Waals surface area contributed by atoms with E-state index in [9.17, 15) is 4.79 Å². The number of hydrogen-bond donors (Lipinski definition) is 2. The van der Waals surface area contributed by atoms with Crippen molar-refractivity contribution in [2.75, 3.05) is 5.32 Å². The Balaban J connectivity index is 1.67. The van der Waals surface area contributed by atoms with Gasteiger partial charge in [0, 0.05) is 25.1 Å². The normalized spacial score (nSPS) is 22.3. The molecule has 1 heterocycles. The maximum absolute atomic E-state index is 12.0. The molecule has 2 aromatic rings. The van der Waals surface area contributed by atoms with Crippen molar-refractivity contribution in [1.29, 1.82) is 0 Å². The van der Waals surface area contributed by atoms with Crippen LogP contribution in [0.4, 0.5) is 5.69 Å². The lowest BCUT2D eigenvalue weighted by Crippen LogP contribution is -2.28. The summed E-state index contributed by atoms with van der Waals surface area (Å²) in [6.45, 7) is 1.81. The molecule has 3 N–H and O–H groups in total. The van der Waals surface area contributed by atoms with Gasteiger partial charge in [-0.15, -0.1) is 0 Å². The summed E-state index contributed by atoms with van der Waals surface area (Å²) in [6.07, 6.45) is 3.71. The first-order valence-corrected chi connectivity index (χ1v) is 7.04.